The van der Waals surface area contributed by atoms with Gasteiger partial charge in [0.1, 0.15) is 6.61 Å². The van der Waals surface area contributed by atoms with E-state index in [9.17, 15) is 0 Å². The number of hydrogen-bond donors (Lipinski definition) is 0. The van der Waals surface area contributed by atoms with Crippen molar-refractivity contribution in [2.75, 3.05) is 6.61 Å². The number of rotatable bonds is 0. The van der Waals surface area contributed by atoms with E-state index in [0.29, 0.717) is 12.5 Å². The molecule has 0 aliphatic carbocycles. The topological polar surface area (TPSA) is 35.0 Å². The van der Waals surface area contributed by atoms with Gasteiger partial charge < -0.3 is 4.74 Å². The Morgan fingerprint density at radius 2 is 2.36 bits per heavy atom. The van der Waals surface area contributed by atoms with Crippen LogP contribution in [0.5, 0.6) is 5.88 Å². The Morgan fingerprint density at radius 3 is 3.36 bits per heavy atom. The lowest BCUT2D eigenvalue weighted by molar-refractivity contribution is 0.345. The molecule has 0 radical (unpaired) electrons. The minimum atomic E-state index is 0.596. The van der Waals surface area contributed by atoms with Crippen LogP contribution < -0.4 is 4.74 Å². The van der Waals surface area contributed by atoms with E-state index in [1.807, 2.05) is 30.4 Å². The van der Waals surface area contributed by atoms with Gasteiger partial charge in [0.05, 0.1) is 0 Å². The zero-order valence-electron chi connectivity index (χ0n) is 7.47. The van der Waals surface area contributed by atoms with E-state index >= 15 is 0 Å². The smallest absolute Gasteiger partial charge is 0.223 e. The van der Waals surface area contributed by atoms with E-state index in [4.69, 9.17) is 4.74 Å². The molecule has 0 aromatic carbocycles. The van der Waals surface area contributed by atoms with Gasteiger partial charge in [-0.05, 0) is 24.3 Å². The number of nitrogens with zero attached hydrogens (tertiary/aromatic N) is 2. The summed E-state index contributed by atoms with van der Waals surface area (Å²) in [6, 6.07) is 5.95. The van der Waals surface area contributed by atoms with Crippen molar-refractivity contribution < 1.29 is 4.74 Å². The Labute approximate surface area is 81.1 Å². The van der Waals surface area contributed by atoms with Gasteiger partial charge in [-0.25, -0.2) is 4.98 Å². The van der Waals surface area contributed by atoms with Gasteiger partial charge in [-0.3, -0.25) is 0 Å². The molecule has 1 aliphatic heterocycles. The number of ether oxygens (including phenoxy) is 1. The molecule has 0 unspecified atom stereocenters. The highest BCUT2D eigenvalue weighted by Gasteiger charge is 2.08. The van der Waals surface area contributed by atoms with E-state index in [1.165, 1.54) is 0 Å². The number of pyridine rings is 2. The van der Waals surface area contributed by atoms with Crippen molar-refractivity contribution in [2.24, 2.45) is 0 Å². The van der Waals surface area contributed by atoms with Crippen molar-refractivity contribution in [3.63, 3.8) is 0 Å². The lowest BCUT2D eigenvalue weighted by Crippen LogP contribution is -2.02. The Morgan fingerprint density at radius 1 is 1.36 bits per heavy atom. The molecule has 0 saturated carbocycles. The van der Waals surface area contributed by atoms with E-state index < -0.39 is 0 Å². The van der Waals surface area contributed by atoms with Crippen molar-refractivity contribution in [3.05, 3.63) is 36.0 Å². The predicted octanol–water partition coefficient (Wildman–Crippen LogP) is 2.04. The van der Waals surface area contributed by atoms with Crippen molar-refractivity contribution >= 4 is 17.1 Å². The van der Waals surface area contributed by atoms with E-state index in [-0.39, 0.29) is 0 Å². The van der Waals surface area contributed by atoms with Crippen molar-refractivity contribution in [1.29, 1.82) is 0 Å². The van der Waals surface area contributed by atoms with Crippen molar-refractivity contribution in [1.82, 2.24) is 9.97 Å². The van der Waals surface area contributed by atoms with E-state index in [0.717, 1.165) is 16.6 Å². The molecule has 1 aliphatic rings. The normalized spacial score (nSPS) is 13.7. The van der Waals surface area contributed by atoms with Gasteiger partial charge in [0.25, 0.3) is 0 Å². The van der Waals surface area contributed by atoms with Gasteiger partial charge in [-0.15, -0.1) is 0 Å². The minimum Gasteiger partial charge on any atom is -0.473 e. The highest BCUT2D eigenvalue weighted by molar-refractivity contribution is 5.79. The summed E-state index contributed by atoms with van der Waals surface area (Å²) in [5.74, 6) is 0.679. The fraction of sp³-hybridized carbons (Fsp3) is 0.0909. The molecular weight excluding hydrogens is 176 g/mol. The highest BCUT2D eigenvalue weighted by atomic mass is 16.5. The first-order chi connectivity index (χ1) is 6.93. The van der Waals surface area contributed by atoms with Gasteiger partial charge in [0.2, 0.25) is 5.88 Å². The molecular formula is C11H8N2O. The second kappa shape index (κ2) is 2.80. The molecule has 0 saturated heterocycles. The average Bonchev–Trinajstić information content (AvgIpc) is 2.26. The van der Waals surface area contributed by atoms with Crippen LogP contribution in [0.2, 0.25) is 0 Å². The third-order valence-corrected chi connectivity index (χ3v) is 2.20. The largest absolute Gasteiger partial charge is 0.473 e. The van der Waals surface area contributed by atoms with Gasteiger partial charge in [0, 0.05) is 17.1 Å². The number of aromatic nitrogens is 2. The molecule has 0 bridgehead atoms. The van der Waals surface area contributed by atoms with Gasteiger partial charge in [-0.2, -0.15) is 4.98 Å². The first-order valence-corrected chi connectivity index (χ1v) is 4.48. The molecule has 0 atom stereocenters. The standard InChI is InChI=1S/C11H8N2O/c1-3-8-7-9-4-2-6-14-11(9)13-10(8)12-5-1/h1-5,7H,6H2. The van der Waals surface area contributed by atoms with Crippen LogP contribution in [-0.4, -0.2) is 16.6 Å². The molecule has 2 aromatic rings. The Kier molecular flexibility index (Phi) is 1.50. The fourth-order valence-corrected chi connectivity index (χ4v) is 1.54. The highest BCUT2D eigenvalue weighted by Crippen LogP contribution is 2.24. The average molecular weight is 184 g/mol. The summed E-state index contributed by atoms with van der Waals surface area (Å²) in [7, 11) is 0. The number of hydrogen-bond acceptors (Lipinski definition) is 3. The molecule has 68 valence electrons. The Hall–Kier alpha value is -1.90. The van der Waals surface area contributed by atoms with Crippen LogP contribution in [0.4, 0.5) is 0 Å². The molecule has 3 nitrogen and oxygen atoms in total. The summed E-state index contributed by atoms with van der Waals surface area (Å²) in [5.41, 5.74) is 1.76. The van der Waals surface area contributed by atoms with Crippen LogP contribution in [0.25, 0.3) is 17.1 Å². The summed E-state index contributed by atoms with van der Waals surface area (Å²) in [4.78, 5) is 8.51. The first-order valence-electron chi connectivity index (χ1n) is 4.48. The Bertz CT molecular complexity index is 520. The summed E-state index contributed by atoms with van der Waals surface area (Å²) >= 11 is 0. The molecule has 2 aromatic heterocycles. The second-order valence-electron chi connectivity index (χ2n) is 3.15. The fourth-order valence-electron chi connectivity index (χ4n) is 1.54. The third kappa shape index (κ3) is 1.06. The molecule has 0 spiro atoms. The zero-order chi connectivity index (χ0) is 9.38. The maximum absolute atomic E-state index is 5.39. The summed E-state index contributed by atoms with van der Waals surface area (Å²) in [6.45, 7) is 0.596. The lowest BCUT2D eigenvalue weighted by atomic mass is 10.2. The molecule has 0 fully saturated rings. The predicted molar refractivity (Wildman–Crippen MR) is 54.1 cm³/mol. The first kappa shape index (κ1) is 7.50. The van der Waals surface area contributed by atoms with Gasteiger partial charge >= 0.3 is 0 Å². The quantitative estimate of drug-likeness (QED) is 0.628. The van der Waals surface area contributed by atoms with Crippen LogP contribution >= 0.6 is 0 Å². The second-order valence-corrected chi connectivity index (χ2v) is 3.15. The van der Waals surface area contributed by atoms with Crippen molar-refractivity contribution in [2.45, 2.75) is 0 Å². The van der Waals surface area contributed by atoms with Crippen LogP contribution in [0.1, 0.15) is 5.56 Å². The van der Waals surface area contributed by atoms with E-state index in [2.05, 4.69) is 9.97 Å². The van der Waals surface area contributed by atoms with Crippen LogP contribution in [-0.2, 0) is 0 Å². The summed E-state index contributed by atoms with van der Waals surface area (Å²) < 4.78 is 5.39. The lowest BCUT2D eigenvalue weighted by Gasteiger charge is -2.11. The maximum atomic E-state index is 5.39. The SMILES string of the molecule is C1=Cc2cc3cccnc3nc2OC1. The van der Waals surface area contributed by atoms with Crippen LogP contribution in [0.15, 0.2) is 30.5 Å². The summed E-state index contributed by atoms with van der Waals surface area (Å²) in [5, 5.41) is 1.04. The van der Waals surface area contributed by atoms with Gasteiger partial charge in [0.15, 0.2) is 5.65 Å². The zero-order valence-corrected chi connectivity index (χ0v) is 7.47. The summed E-state index contributed by atoms with van der Waals surface area (Å²) in [6.07, 6.45) is 5.74. The third-order valence-electron chi connectivity index (χ3n) is 2.20. The molecule has 3 heteroatoms. The molecule has 14 heavy (non-hydrogen) atoms. The molecule has 3 heterocycles. The van der Waals surface area contributed by atoms with Crippen LogP contribution in [0, 0.1) is 0 Å². The van der Waals surface area contributed by atoms with Crippen LogP contribution in [0.3, 0.4) is 0 Å². The maximum Gasteiger partial charge on any atom is 0.223 e. The molecule has 3 rings (SSSR count). The van der Waals surface area contributed by atoms with Crippen molar-refractivity contribution in [3.8, 4) is 5.88 Å². The van der Waals surface area contributed by atoms with Gasteiger partial charge in [-0.1, -0.05) is 6.08 Å². The molecule has 0 N–H and O–H groups in total. The number of fused-ring (bicyclic) bond motifs is 2. The Balaban J connectivity index is 2.34. The molecule has 0 amide bonds. The monoisotopic (exact) mass is 184 g/mol. The minimum absolute atomic E-state index is 0.596. The van der Waals surface area contributed by atoms with E-state index in [1.54, 1.807) is 6.20 Å².